The molecule has 1 amide bonds. The number of carbonyl (C=O) groups excluding carboxylic acids is 1. The molecule has 0 aromatic carbocycles. The normalized spacial score (nSPS) is 16.3. The predicted octanol–water partition coefficient (Wildman–Crippen LogP) is 1.97. The van der Waals surface area contributed by atoms with Crippen molar-refractivity contribution >= 4 is 11.8 Å². The van der Waals surface area contributed by atoms with Gasteiger partial charge in [0, 0.05) is 30.8 Å². The summed E-state index contributed by atoms with van der Waals surface area (Å²) in [5, 5.41) is 11.1. The lowest BCUT2D eigenvalue weighted by Gasteiger charge is -2.38. The van der Waals surface area contributed by atoms with Crippen LogP contribution in [0.1, 0.15) is 38.1 Å². The summed E-state index contributed by atoms with van der Waals surface area (Å²) in [7, 11) is 0. The Kier molecular flexibility index (Phi) is 3.97. The molecule has 0 unspecified atom stereocenters. The van der Waals surface area contributed by atoms with Crippen LogP contribution in [-0.4, -0.2) is 45.4 Å². The first-order valence-electron chi connectivity index (χ1n) is 7.81. The number of aromatic nitrogens is 3. The van der Waals surface area contributed by atoms with Crippen LogP contribution in [0.2, 0.25) is 0 Å². The lowest BCUT2D eigenvalue weighted by atomic mass is 9.92. The average molecular weight is 317 g/mol. The molecule has 23 heavy (non-hydrogen) atoms. The highest BCUT2D eigenvalue weighted by molar-refractivity contribution is 5.91. The van der Waals surface area contributed by atoms with Crippen molar-refractivity contribution in [2.24, 2.45) is 0 Å². The average Bonchev–Trinajstić information content (AvgIpc) is 3.02. The van der Waals surface area contributed by atoms with Gasteiger partial charge >= 0.3 is 0 Å². The first-order chi connectivity index (χ1) is 10.8. The number of rotatable bonds is 4. The number of carbonyl (C=O) groups is 1. The van der Waals surface area contributed by atoms with Gasteiger partial charge in [-0.2, -0.15) is 5.10 Å². The Morgan fingerprint density at radius 1 is 1.43 bits per heavy atom. The second-order valence-corrected chi connectivity index (χ2v) is 7.22. The van der Waals surface area contributed by atoms with Crippen molar-refractivity contribution in [3.05, 3.63) is 29.7 Å². The summed E-state index contributed by atoms with van der Waals surface area (Å²) in [4.78, 5) is 14.1. The van der Waals surface area contributed by atoms with Crippen molar-refractivity contribution in [2.75, 3.05) is 25.0 Å². The third-order valence-electron chi connectivity index (χ3n) is 3.95. The molecular weight excluding hydrogens is 294 g/mol. The van der Waals surface area contributed by atoms with Crippen LogP contribution in [0.5, 0.6) is 0 Å². The zero-order valence-electron chi connectivity index (χ0n) is 14.0. The first-order valence-corrected chi connectivity index (χ1v) is 7.81. The van der Waals surface area contributed by atoms with Gasteiger partial charge in [-0.1, -0.05) is 25.9 Å². The number of hydrogen-bond donors (Lipinski definition) is 1. The van der Waals surface area contributed by atoms with Gasteiger partial charge < -0.3 is 4.52 Å². The van der Waals surface area contributed by atoms with Gasteiger partial charge in [0.2, 0.25) is 11.8 Å². The van der Waals surface area contributed by atoms with Crippen LogP contribution >= 0.6 is 0 Å². The Bertz CT molecular complexity index is 691. The summed E-state index contributed by atoms with van der Waals surface area (Å²) in [5.41, 5.74) is 1.88. The molecule has 0 saturated carbocycles. The van der Waals surface area contributed by atoms with Gasteiger partial charge in [-0.05, 0) is 12.5 Å². The van der Waals surface area contributed by atoms with E-state index in [0.29, 0.717) is 18.5 Å². The molecule has 0 spiro atoms. The van der Waals surface area contributed by atoms with Crippen LogP contribution < -0.4 is 5.32 Å². The Morgan fingerprint density at radius 3 is 2.74 bits per heavy atom. The molecule has 3 rings (SSSR count). The molecule has 1 N–H and O–H groups in total. The molecule has 2 aromatic rings. The van der Waals surface area contributed by atoms with Crippen molar-refractivity contribution in [1.82, 2.24) is 19.8 Å². The number of hydrogen-bond acceptors (Lipinski definition) is 5. The molecule has 0 radical (unpaired) electrons. The molecule has 124 valence electrons. The molecule has 2 aromatic heterocycles. The largest absolute Gasteiger partial charge is 0.338 e. The van der Waals surface area contributed by atoms with E-state index < -0.39 is 0 Å². The van der Waals surface area contributed by atoms with Gasteiger partial charge in [0.1, 0.15) is 0 Å². The van der Waals surface area contributed by atoms with E-state index in [0.717, 1.165) is 24.3 Å². The number of nitrogens with zero attached hydrogens (tertiary/aromatic N) is 4. The molecule has 0 aliphatic carbocycles. The Morgan fingerprint density at radius 2 is 2.17 bits per heavy atom. The summed E-state index contributed by atoms with van der Waals surface area (Å²) < 4.78 is 7.14. The fourth-order valence-corrected chi connectivity index (χ4v) is 2.54. The smallest absolute Gasteiger partial charge is 0.240 e. The summed E-state index contributed by atoms with van der Waals surface area (Å²) in [5.74, 6) is 0.316. The fraction of sp³-hybridized carbons (Fsp3) is 0.562. The molecule has 1 aliphatic rings. The minimum Gasteiger partial charge on any atom is -0.338 e. The minimum absolute atomic E-state index is 0.0864. The van der Waals surface area contributed by atoms with E-state index in [9.17, 15) is 4.79 Å². The van der Waals surface area contributed by atoms with Gasteiger partial charge in [-0.3, -0.25) is 19.7 Å². The van der Waals surface area contributed by atoms with Crippen molar-refractivity contribution in [1.29, 1.82) is 0 Å². The van der Waals surface area contributed by atoms with E-state index in [-0.39, 0.29) is 11.3 Å². The maximum absolute atomic E-state index is 12.1. The summed E-state index contributed by atoms with van der Waals surface area (Å²) in [6.07, 6.45) is 3.89. The van der Waals surface area contributed by atoms with Gasteiger partial charge in [0.25, 0.3) is 0 Å². The van der Waals surface area contributed by atoms with Crippen molar-refractivity contribution < 1.29 is 9.32 Å². The molecule has 0 atom stereocenters. The molecule has 0 bridgehead atoms. The number of likely N-dealkylation sites (tertiary alicyclic amines) is 1. The van der Waals surface area contributed by atoms with Crippen molar-refractivity contribution in [2.45, 2.75) is 39.2 Å². The van der Waals surface area contributed by atoms with E-state index >= 15 is 0 Å². The van der Waals surface area contributed by atoms with Crippen LogP contribution in [0.4, 0.5) is 5.88 Å². The van der Waals surface area contributed by atoms with E-state index in [1.54, 1.807) is 6.07 Å². The monoisotopic (exact) mass is 317 g/mol. The molecule has 7 heteroatoms. The highest BCUT2D eigenvalue weighted by atomic mass is 16.5. The lowest BCUT2D eigenvalue weighted by Crippen LogP contribution is -2.50. The van der Waals surface area contributed by atoms with Gasteiger partial charge in [0.15, 0.2) is 0 Å². The number of nitrogens with one attached hydrogen (secondary N) is 1. The zero-order valence-corrected chi connectivity index (χ0v) is 14.0. The summed E-state index contributed by atoms with van der Waals surface area (Å²) >= 11 is 0. The van der Waals surface area contributed by atoms with Crippen molar-refractivity contribution in [3.8, 4) is 0 Å². The number of aryl methyl sites for hydroxylation is 1. The van der Waals surface area contributed by atoms with E-state index in [1.807, 2.05) is 44.8 Å². The van der Waals surface area contributed by atoms with E-state index in [2.05, 4.69) is 20.5 Å². The third kappa shape index (κ3) is 3.61. The zero-order chi connectivity index (χ0) is 16.6. The van der Waals surface area contributed by atoms with Crippen LogP contribution in [0.3, 0.4) is 0 Å². The molecular formula is C16H23N5O2. The topological polar surface area (TPSA) is 76.2 Å². The van der Waals surface area contributed by atoms with Gasteiger partial charge in [-0.25, -0.2) is 0 Å². The maximum Gasteiger partial charge on any atom is 0.240 e. The molecule has 1 aliphatic heterocycles. The second-order valence-electron chi connectivity index (χ2n) is 7.22. The van der Waals surface area contributed by atoms with Crippen LogP contribution in [0.15, 0.2) is 23.0 Å². The maximum atomic E-state index is 12.1. The SMILES string of the molecule is Cc1cnn(C2CN(CC(=O)Nc3cc(C(C)(C)C)no3)C2)c1. The van der Waals surface area contributed by atoms with Crippen molar-refractivity contribution in [3.63, 3.8) is 0 Å². The number of amides is 1. The minimum atomic E-state index is -0.0981. The second kappa shape index (κ2) is 5.81. The van der Waals surface area contributed by atoms with Gasteiger partial charge in [-0.15, -0.1) is 0 Å². The Labute approximate surface area is 135 Å². The fourth-order valence-electron chi connectivity index (χ4n) is 2.54. The van der Waals surface area contributed by atoms with Crippen LogP contribution in [0, 0.1) is 6.92 Å². The lowest BCUT2D eigenvalue weighted by molar-refractivity contribution is -0.118. The van der Waals surface area contributed by atoms with E-state index in [1.165, 1.54) is 0 Å². The van der Waals surface area contributed by atoms with Crippen LogP contribution in [-0.2, 0) is 10.2 Å². The molecule has 1 saturated heterocycles. The quantitative estimate of drug-likeness (QED) is 0.933. The molecule has 7 nitrogen and oxygen atoms in total. The highest BCUT2D eigenvalue weighted by Gasteiger charge is 2.30. The van der Waals surface area contributed by atoms with E-state index in [4.69, 9.17) is 4.52 Å². The number of anilines is 1. The summed E-state index contributed by atoms with van der Waals surface area (Å²) in [6.45, 7) is 10.2. The third-order valence-corrected chi connectivity index (χ3v) is 3.95. The first kappa shape index (κ1) is 15.7. The van der Waals surface area contributed by atoms with Gasteiger partial charge in [0.05, 0.1) is 24.5 Å². The summed E-state index contributed by atoms with van der Waals surface area (Å²) in [6, 6.07) is 2.14. The standard InChI is InChI=1S/C16H23N5O2/c1-11-6-17-21(7-11)12-8-20(9-12)10-14(22)18-15-5-13(19-23-15)16(2,3)4/h5-7,12H,8-10H2,1-4H3,(H,18,22). The highest BCUT2D eigenvalue weighted by Crippen LogP contribution is 2.24. The molecule has 1 fully saturated rings. The Hall–Kier alpha value is -2.15. The predicted molar refractivity (Wildman–Crippen MR) is 86.3 cm³/mol. The Balaban J connectivity index is 1.47. The van der Waals surface area contributed by atoms with Crippen LogP contribution in [0.25, 0.3) is 0 Å². The molecule has 3 heterocycles.